The van der Waals surface area contributed by atoms with Gasteiger partial charge in [0.15, 0.2) is 0 Å². The van der Waals surface area contributed by atoms with E-state index >= 15 is 0 Å². The minimum atomic E-state index is -1.04. The fraction of sp³-hybridized carbons (Fsp3) is 0.800. The van der Waals surface area contributed by atoms with Crippen molar-refractivity contribution in [2.24, 2.45) is 11.5 Å². The maximum Gasteiger partial charge on any atom is 0.341 e. The van der Waals surface area contributed by atoms with Crippen molar-refractivity contribution in [2.75, 3.05) is 6.54 Å². The molecular weight excluding hydrogens is 226 g/mol. The van der Waals surface area contributed by atoms with E-state index in [9.17, 15) is 9.59 Å². The van der Waals surface area contributed by atoms with Gasteiger partial charge in [-0.2, -0.15) is 5.48 Å². The van der Waals surface area contributed by atoms with Crippen LogP contribution in [0.5, 0.6) is 0 Å². The fourth-order valence-corrected chi connectivity index (χ4v) is 1.14. The van der Waals surface area contributed by atoms with Gasteiger partial charge in [-0.25, -0.2) is 4.79 Å². The quantitative estimate of drug-likeness (QED) is 0.315. The van der Waals surface area contributed by atoms with Crippen molar-refractivity contribution in [1.82, 2.24) is 5.48 Å². The van der Waals surface area contributed by atoms with Gasteiger partial charge in [-0.3, -0.25) is 4.79 Å². The van der Waals surface area contributed by atoms with E-state index in [-0.39, 0.29) is 0 Å². The molecule has 0 amide bonds. The summed E-state index contributed by atoms with van der Waals surface area (Å²) < 4.78 is 0. The molecule has 0 bridgehead atoms. The summed E-state index contributed by atoms with van der Waals surface area (Å²) in [7, 11) is 0. The highest BCUT2D eigenvalue weighted by Crippen LogP contribution is 1.96. The van der Waals surface area contributed by atoms with Crippen LogP contribution in [-0.4, -0.2) is 35.7 Å². The van der Waals surface area contributed by atoms with Crippen LogP contribution >= 0.6 is 0 Å². The third-order valence-corrected chi connectivity index (χ3v) is 2.19. The Morgan fingerprint density at radius 3 is 2.47 bits per heavy atom. The van der Waals surface area contributed by atoms with Crippen LogP contribution in [0.3, 0.4) is 0 Å². The SMILES string of the molecule is CCC[C@H](N)C(=O)ONCCC[C@H](N)C(=O)O. The van der Waals surface area contributed by atoms with Crippen LogP contribution in [0.15, 0.2) is 0 Å². The molecule has 0 aliphatic carbocycles. The van der Waals surface area contributed by atoms with Crippen molar-refractivity contribution >= 4 is 11.9 Å². The summed E-state index contributed by atoms with van der Waals surface area (Å²) >= 11 is 0. The number of nitrogens with two attached hydrogens (primary N) is 2. The summed E-state index contributed by atoms with van der Waals surface area (Å²) in [5, 5.41) is 8.51. The molecule has 0 aliphatic rings. The predicted octanol–water partition coefficient (Wildman–Crippen LogP) is -0.646. The van der Waals surface area contributed by atoms with E-state index < -0.39 is 24.0 Å². The topological polar surface area (TPSA) is 128 Å². The Morgan fingerprint density at radius 1 is 1.29 bits per heavy atom. The Balaban J connectivity index is 3.51. The first kappa shape index (κ1) is 15.8. The molecule has 0 spiro atoms. The zero-order valence-electron chi connectivity index (χ0n) is 10.0. The summed E-state index contributed by atoms with van der Waals surface area (Å²) in [5.41, 5.74) is 13.3. The molecule has 0 aromatic carbocycles. The number of carbonyl (C=O) groups excluding carboxylic acids is 1. The molecule has 0 aromatic rings. The van der Waals surface area contributed by atoms with Gasteiger partial charge >= 0.3 is 11.9 Å². The Hall–Kier alpha value is -1.18. The molecule has 7 nitrogen and oxygen atoms in total. The van der Waals surface area contributed by atoms with Gasteiger partial charge < -0.3 is 21.4 Å². The van der Waals surface area contributed by atoms with Gasteiger partial charge in [-0.05, 0) is 19.3 Å². The molecule has 0 saturated carbocycles. The van der Waals surface area contributed by atoms with Crippen molar-refractivity contribution in [1.29, 1.82) is 0 Å². The zero-order valence-corrected chi connectivity index (χ0v) is 10.0. The highest BCUT2D eigenvalue weighted by molar-refractivity contribution is 5.75. The highest BCUT2D eigenvalue weighted by Gasteiger charge is 2.14. The second-order valence-electron chi connectivity index (χ2n) is 3.80. The molecule has 7 heteroatoms. The largest absolute Gasteiger partial charge is 0.480 e. The lowest BCUT2D eigenvalue weighted by atomic mass is 10.2. The summed E-state index contributed by atoms with van der Waals surface area (Å²) in [6.07, 6.45) is 2.21. The van der Waals surface area contributed by atoms with Crippen molar-refractivity contribution in [2.45, 2.75) is 44.7 Å². The Morgan fingerprint density at radius 2 is 1.94 bits per heavy atom. The van der Waals surface area contributed by atoms with Crippen LogP contribution in [0.25, 0.3) is 0 Å². The molecular formula is C10H21N3O4. The van der Waals surface area contributed by atoms with E-state index in [1.54, 1.807) is 0 Å². The Kier molecular flexibility index (Phi) is 8.29. The van der Waals surface area contributed by atoms with Crippen LogP contribution < -0.4 is 16.9 Å². The fourth-order valence-electron chi connectivity index (χ4n) is 1.14. The first-order valence-electron chi connectivity index (χ1n) is 5.66. The normalized spacial score (nSPS) is 14.1. The standard InChI is InChI=1S/C10H21N3O4/c1-2-4-8(12)10(16)17-13-6-3-5-7(11)9(14)15/h7-8,13H,2-6,11-12H2,1H3,(H,14,15)/t7-,8-/m0/s1. The number of hydroxylamine groups is 1. The van der Waals surface area contributed by atoms with Gasteiger partial charge in [-0.15, -0.1) is 0 Å². The first-order chi connectivity index (χ1) is 7.99. The molecule has 0 heterocycles. The van der Waals surface area contributed by atoms with E-state index in [0.717, 1.165) is 6.42 Å². The lowest BCUT2D eigenvalue weighted by Crippen LogP contribution is -2.36. The number of carboxylic acids is 1. The second-order valence-corrected chi connectivity index (χ2v) is 3.80. The van der Waals surface area contributed by atoms with E-state index in [2.05, 4.69) is 5.48 Å². The predicted molar refractivity (Wildman–Crippen MR) is 61.8 cm³/mol. The van der Waals surface area contributed by atoms with Crippen molar-refractivity contribution in [3.63, 3.8) is 0 Å². The Labute approximate surface area is 100 Å². The third-order valence-electron chi connectivity index (χ3n) is 2.19. The van der Waals surface area contributed by atoms with Crippen LogP contribution in [0.4, 0.5) is 0 Å². The lowest BCUT2D eigenvalue weighted by Gasteiger charge is -2.11. The molecule has 100 valence electrons. The van der Waals surface area contributed by atoms with E-state index in [1.165, 1.54) is 0 Å². The summed E-state index contributed by atoms with van der Waals surface area (Å²) in [6.45, 7) is 2.28. The minimum absolute atomic E-state index is 0.320. The molecule has 0 unspecified atom stereocenters. The number of rotatable bonds is 9. The van der Waals surface area contributed by atoms with Gasteiger partial charge in [0, 0.05) is 6.54 Å². The van der Waals surface area contributed by atoms with Crippen LogP contribution in [0.2, 0.25) is 0 Å². The average molecular weight is 247 g/mol. The summed E-state index contributed by atoms with van der Waals surface area (Å²) in [6, 6.07) is -1.50. The maximum absolute atomic E-state index is 11.2. The zero-order chi connectivity index (χ0) is 13.3. The molecule has 6 N–H and O–H groups in total. The molecule has 0 aromatic heterocycles. The third kappa shape index (κ3) is 7.67. The van der Waals surface area contributed by atoms with E-state index in [0.29, 0.717) is 25.8 Å². The van der Waals surface area contributed by atoms with Crippen molar-refractivity contribution in [3.8, 4) is 0 Å². The van der Waals surface area contributed by atoms with Gasteiger partial charge in [-0.1, -0.05) is 13.3 Å². The number of aliphatic carboxylic acids is 1. The number of carboxylic acid groups (broad SMARTS) is 1. The van der Waals surface area contributed by atoms with Crippen LogP contribution in [0, 0.1) is 0 Å². The van der Waals surface area contributed by atoms with Crippen molar-refractivity contribution in [3.05, 3.63) is 0 Å². The molecule has 0 radical (unpaired) electrons. The van der Waals surface area contributed by atoms with Gasteiger partial charge in [0.25, 0.3) is 0 Å². The first-order valence-corrected chi connectivity index (χ1v) is 5.66. The van der Waals surface area contributed by atoms with Gasteiger partial charge in [0.05, 0.1) is 0 Å². The average Bonchev–Trinajstić information content (AvgIpc) is 2.28. The number of carbonyl (C=O) groups is 2. The Bertz CT molecular complexity index is 248. The lowest BCUT2D eigenvalue weighted by molar-refractivity contribution is -0.153. The number of hydrogen-bond acceptors (Lipinski definition) is 6. The maximum atomic E-state index is 11.2. The highest BCUT2D eigenvalue weighted by atomic mass is 16.7. The molecule has 17 heavy (non-hydrogen) atoms. The molecule has 0 rings (SSSR count). The van der Waals surface area contributed by atoms with Gasteiger partial charge in [0.2, 0.25) is 0 Å². The van der Waals surface area contributed by atoms with Crippen molar-refractivity contribution < 1.29 is 19.5 Å². The number of hydrogen-bond donors (Lipinski definition) is 4. The summed E-state index contributed by atoms with van der Waals surface area (Å²) in [5.74, 6) is -1.54. The number of nitrogens with one attached hydrogen (secondary N) is 1. The smallest absolute Gasteiger partial charge is 0.341 e. The molecule has 0 fully saturated rings. The summed E-state index contributed by atoms with van der Waals surface area (Å²) in [4.78, 5) is 26.3. The molecule has 0 aliphatic heterocycles. The van der Waals surface area contributed by atoms with E-state index in [1.807, 2.05) is 6.92 Å². The van der Waals surface area contributed by atoms with Gasteiger partial charge in [0.1, 0.15) is 12.1 Å². The van der Waals surface area contributed by atoms with E-state index in [4.69, 9.17) is 21.4 Å². The molecule has 0 saturated heterocycles. The second kappa shape index (κ2) is 8.91. The molecule has 2 atom stereocenters. The monoisotopic (exact) mass is 247 g/mol. The van der Waals surface area contributed by atoms with Crippen LogP contribution in [0.1, 0.15) is 32.6 Å². The van der Waals surface area contributed by atoms with Crippen LogP contribution in [-0.2, 0) is 14.4 Å². The minimum Gasteiger partial charge on any atom is -0.480 e.